The molecule has 0 aliphatic rings. The van der Waals surface area contributed by atoms with Gasteiger partial charge in [0.1, 0.15) is 27.8 Å². The molecule has 1 N–H and O–H groups in total. The molecule has 31 heavy (non-hydrogen) atoms. The maximum absolute atomic E-state index is 10.9. The van der Waals surface area contributed by atoms with Crippen LogP contribution in [0.1, 0.15) is 16.1 Å². The van der Waals surface area contributed by atoms with Gasteiger partial charge in [-0.2, -0.15) is 10.5 Å². The Hall–Kier alpha value is -3.64. The fraction of sp³-hybridized carbons (Fsp3) is 0.0800. The molecule has 0 aliphatic heterocycles. The van der Waals surface area contributed by atoms with E-state index in [1.165, 1.54) is 11.3 Å². The maximum Gasteiger partial charge on any atom is 0.143 e. The highest BCUT2D eigenvalue weighted by molar-refractivity contribution is 7.11. The number of halogens is 1. The van der Waals surface area contributed by atoms with Crippen LogP contribution in [0.3, 0.4) is 0 Å². The first-order valence-corrected chi connectivity index (χ1v) is 10.8. The number of allylic oxidation sites excluding steroid dienone is 1. The molecule has 0 bridgehead atoms. The molecule has 4 aromatic rings. The average molecular weight is 442 g/mol. The number of aliphatic hydroxyl groups is 1. The topological polar surface area (TPSA) is 80.7 Å². The van der Waals surface area contributed by atoms with Gasteiger partial charge in [0, 0.05) is 22.9 Å². The van der Waals surface area contributed by atoms with E-state index in [1.54, 1.807) is 24.3 Å². The molecule has 0 radical (unpaired) electrons. The first-order valence-electron chi connectivity index (χ1n) is 9.51. The van der Waals surface area contributed by atoms with E-state index < -0.39 is 5.38 Å². The third-order valence-corrected chi connectivity index (χ3v) is 6.04. The first kappa shape index (κ1) is 20.6. The standard InChI is InChI=1S/C25H16ClN3OS/c26-20(13-27)12-18-7-3-4-8-21(18)24(30)22(14-28)25-29-23(15-31-25)19-10-9-16-5-1-2-6-17(16)11-19/h1-11,15,20,30H,12H2/b24-22-. The minimum absolute atomic E-state index is 0.0903. The van der Waals surface area contributed by atoms with E-state index in [9.17, 15) is 10.4 Å². The minimum atomic E-state index is -0.723. The van der Waals surface area contributed by atoms with Crippen molar-refractivity contribution in [2.24, 2.45) is 0 Å². The molecule has 0 fully saturated rings. The number of thiazole rings is 1. The smallest absolute Gasteiger partial charge is 0.143 e. The van der Waals surface area contributed by atoms with Crippen LogP contribution in [0, 0.1) is 22.7 Å². The Balaban J connectivity index is 1.74. The summed E-state index contributed by atoms with van der Waals surface area (Å²) in [5.74, 6) is -0.167. The molecule has 0 amide bonds. The van der Waals surface area contributed by atoms with Crippen molar-refractivity contribution < 1.29 is 5.11 Å². The second-order valence-corrected chi connectivity index (χ2v) is 8.28. The summed E-state index contributed by atoms with van der Waals surface area (Å²) in [7, 11) is 0. The molecule has 1 unspecified atom stereocenters. The fourth-order valence-corrected chi connectivity index (χ4v) is 4.36. The average Bonchev–Trinajstić information content (AvgIpc) is 3.29. The number of alkyl halides is 1. The van der Waals surface area contributed by atoms with Crippen molar-refractivity contribution in [3.8, 4) is 23.4 Å². The molecular formula is C25H16ClN3OS. The monoisotopic (exact) mass is 441 g/mol. The minimum Gasteiger partial charge on any atom is -0.506 e. The van der Waals surface area contributed by atoms with E-state index in [2.05, 4.69) is 23.2 Å². The summed E-state index contributed by atoms with van der Waals surface area (Å²) in [5.41, 5.74) is 2.94. The van der Waals surface area contributed by atoms with E-state index in [1.807, 2.05) is 41.8 Å². The van der Waals surface area contributed by atoms with E-state index in [4.69, 9.17) is 16.9 Å². The zero-order chi connectivity index (χ0) is 21.8. The van der Waals surface area contributed by atoms with Crippen LogP contribution in [0.2, 0.25) is 0 Å². The van der Waals surface area contributed by atoms with Crippen LogP contribution in [0.25, 0.3) is 33.4 Å². The van der Waals surface area contributed by atoms with Crippen molar-refractivity contribution in [3.05, 3.63) is 88.2 Å². The van der Waals surface area contributed by atoms with Crippen LogP contribution >= 0.6 is 22.9 Å². The first-order chi connectivity index (χ1) is 15.1. The zero-order valence-corrected chi connectivity index (χ0v) is 17.9. The second-order valence-electron chi connectivity index (χ2n) is 6.89. The molecule has 0 spiro atoms. The molecule has 0 saturated heterocycles. The van der Waals surface area contributed by atoms with Gasteiger partial charge < -0.3 is 5.11 Å². The van der Waals surface area contributed by atoms with Crippen LogP contribution in [-0.4, -0.2) is 15.5 Å². The van der Waals surface area contributed by atoms with Crippen molar-refractivity contribution in [2.45, 2.75) is 11.8 Å². The van der Waals surface area contributed by atoms with Crippen molar-refractivity contribution in [1.82, 2.24) is 4.98 Å². The number of nitrogens with zero attached hydrogens (tertiary/aromatic N) is 3. The molecule has 3 aromatic carbocycles. The Morgan fingerprint density at radius 1 is 1.03 bits per heavy atom. The van der Waals surface area contributed by atoms with Gasteiger partial charge in [0.15, 0.2) is 0 Å². The number of nitriles is 2. The van der Waals surface area contributed by atoms with Crippen LogP contribution in [0.15, 0.2) is 72.1 Å². The molecule has 1 atom stereocenters. The van der Waals surface area contributed by atoms with E-state index in [0.29, 0.717) is 16.1 Å². The second kappa shape index (κ2) is 9.02. The van der Waals surface area contributed by atoms with E-state index in [0.717, 1.165) is 22.0 Å². The summed E-state index contributed by atoms with van der Waals surface area (Å²) < 4.78 is 0. The molecule has 0 aliphatic carbocycles. The molecular weight excluding hydrogens is 426 g/mol. The van der Waals surface area contributed by atoms with Gasteiger partial charge in [0.05, 0.1) is 11.8 Å². The SMILES string of the molecule is N#C/C(=C(/O)c1ccccc1CC(Cl)C#N)c1nc(-c2ccc3ccccc3c2)cs1. The predicted octanol–water partition coefficient (Wildman–Crippen LogP) is 6.59. The Morgan fingerprint density at radius 3 is 2.55 bits per heavy atom. The fourth-order valence-electron chi connectivity index (χ4n) is 3.37. The molecule has 1 aromatic heterocycles. The van der Waals surface area contributed by atoms with Gasteiger partial charge in [-0.05, 0) is 22.4 Å². The zero-order valence-electron chi connectivity index (χ0n) is 16.3. The number of benzene rings is 3. The summed E-state index contributed by atoms with van der Waals surface area (Å²) in [5, 5.41) is 33.5. The highest BCUT2D eigenvalue weighted by Gasteiger charge is 2.18. The van der Waals surface area contributed by atoms with Gasteiger partial charge in [-0.15, -0.1) is 22.9 Å². The summed E-state index contributed by atoms with van der Waals surface area (Å²) in [6.45, 7) is 0. The Labute approximate surface area is 188 Å². The third-order valence-electron chi connectivity index (χ3n) is 4.92. The van der Waals surface area contributed by atoms with Crippen LogP contribution in [-0.2, 0) is 6.42 Å². The highest BCUT2D eigenvalue weighted by atomic mass is 35.5. The van der Waals surface area contributed by atoms with Gasteiger partial charge in [-0.25, -0.2) is 4.98 Å². The van der Waals surface area contributed by atoms with Crippen molar-refractivity contribution >= 4 is 45.0 Å². The maximum atomic E-state index is 10.9. The summed E-state index contributed by atoms with van der Waals surface area (Å²) in [4.78, 5) is 4.61. The number of aliphatic hydroxyl groups excluding tert-OH is 1. The quantitative estimate of drug-likeness (QED) is 0.215. The Kier molecular flexibility index (Phi) is 6.00. The molecule has 150 valence electrons. The van der Waals surface area contributed by atoms with Gasteiger partial charge in [0.25, 0.3) is 0 Å². The highest BCUT2D eigenvalue weighted by Crippen LogP contribution is 2.32. The summed E-state index contributed by atoms with van der Waals surface area (Å²) in [6.07, 6.45) is 0.261. The van der Waals surface area contributed by atoms with Crippen LogP contribution < -0.4 is 0 Å². The van der Waals surface area contributed by atoms with Gasteiger partial charge >= 0.3 is 0 Å². The lowest BCUT2D eigenvalue weighted by molar-refractivity contribution is 0.513. The Bertz CT molecular complexity index is 1380. The summed E-state index contributed by atoms with van der Waals surface area (Å²) >= 11 is 7.29. The van der Waals surface area contributed by atoms with Gasteiger partial charge in [-0.1, -0.05) is 60.7 Å². The number of rotatable bonds is 5. The normalized spacial score (nSPS) is 12.6. The molecule has 4 rings (SSSR count). The summed E-state index contributed by atoms with van der Waals surface area (Å²) in [6, 6.07) is 25.3. The molecule has 0 saturated carbocycles. The Morgan fingerprint density at radius 2 is 1.77 bits per heavy atom. The van der Waals surface area contributed by atoms with E-state index in [-0.39, 0.29) is 17.8 Å². The number of fused-ring (bicyclic) bond motifs is 1. The molecule has 1 heterocycles. The molecule has 4 nitrogen and oxygen atoms in total. The van der Waals surface area contributed by atoms with Crippen molar-refractivity contribution in [2.75, 3.05) is 0 Å². The van der Waals surface area contributed by atoms with Crippen molar-refractivity contribution in [3.63, 3.8) is 0 Å². The lowest BCUT2D eigenvalue weighted by atomic mass is 9.99. The van der Waals surface area contributed by atoms with Crippen LogP contribution in [0.4, 0.5) is 0 Å². The van der Waals surface area contributed by atoms with Crippen LogP contribution in [0.5, 0.6) is 0 Å². The number of hydrogen-bond donors (Lipinski definition) is 1. The lowest BCUT2D eigenvalue weighted by Gasteiger charge is -2.10. The van der Waals surface area contributed by atoms with Gasteiger partial charge in [0.2, 0.25) is 0 Å². The van der Waals surface area contributed by atoms with Gasteiger partial charge in [-0.3, -0.25) is 0 Å². The largest absolute Gasteiger partial charge is 0.506 e. The lowest BCUT2D eigenvalue weighted by Crippen LogP contribution is -2.03. The van der Waals surface area contributed by atoms with E-state index >= 15 is 0 Å². The van der Waals surface area contributed by atoms with Crippen molar-refractivity contribution in [1.29, 1.82) is 10.5 Å². The number of aromatic nitrogens is 1. The number of hydrogen-bond acceptors (Lipinski definition) is 5. The molecule has 6 heteroatoms. The third kappa shape index (κ3) is 4.29. The predicted molar refractivity (Wildman–Crippen MR) is 126 cm³/mol.